The van der Waals surface area contributed by atoms with Gasteiger partial charge in [0.2, 0.25) is 5.91 Å². The zero-order valence-electron chi connectivity index (χ0n) is 18.5. The molecule has 0 aliphatic heterocycles. The van der Waals surface area contributed by atoms with Gasteiger partial charge >= 0.3 is 0 Å². The summed E-state index contributed by atoms with van der Waals surface area (Å²) in [5.74, 6) is -0.737. The second-order valence-corrected chi connectivity index (χ2v) is 11.1. The average Bonchev–Trinajstić information content (AvgIpc) is 3.16. The van der Waals surface area contributed by atoms with Crippen molar-refractivity contribution in [1.29, 1.82) is 0 Å². The molecule has 9 heteroatoms. The normalized spacial score (nSPS) is 11.9. The molecule has 3 aromatic rings. The fourth-order valence-electron chi connectivity index (χ4n) is 3.30. The van der Waals surface area contributed by atoms with Crippen LogP contribution in [-0.4, -0.2) is 57.1 Å². The second-order valence-electron chi connectivity index (χ2n) is 8.02. The van der Waals surface area contributed by atoms with Crippen LogP contribution in [-0.2, 0) is 14.6 Å². The molecule has 1 aromatic heterocycles. The molecule has 3 rings (SSSR count). The maximum Gasteiger partial charge on any atom is 0.228 e. The molecule has 6 nitrogen and oxygen atoms in total. The van der Waals surface area contributed by atoms with Crippen LogP contribution in [0.2, 0.25) is 0 Å². The highest BCUT2D eigenvalue weighted by Gasteiger charge is 2.22. The highest BCUT2D eigenvalue weighted by molar-refractivity contribution is 7.91. The molecule has 0 N–H and O–H groups in total. The number of hydrogen-bond donors (Lipinski definition) is 0. The first kappa shape index (κ1) is 24.3. The highest BCUT2D eigenvalue weighted by atomic mass is 32.2. The number of aryl methyl sites for hydroxylation is 1. The number of thiazole rings is 1. The lowest BCUT2D eigenvalue weighted by molar-refractivity contribution is -0.118. The van der Waals surface area contributed by atoms with Crippen LogP contribution in [0.1, 0.15) is 24.8 Å². The number of carbonyl (C=O) groups is 1. The Morgan fingerprint density at radius 1 is 1.06 bits per heavy atom. The van der Waals surface area contributed by atoms with Gasteiger partial charge in [-0.1, -0.05) is 35.1 Å². The predicted octanol–water partition coefficient (Wildman–Crippen LogP) is 4.28. The Bertz CT molecular complexity index is 1170. The lowest BCUT2D eigenvalue weighted by atomic mass is 10.2. The number of nitrogens with zero attached hydrogens (tertiary/aromatic N) is 3. The van der Waals surface area contributed by atoms with E-state index in [4.69, 9.17) is 0 Å². The molecule has 0 atom stereocenters. The van der Waals surface area contributed by atoms with Crippen molar-refractivity contribution in [1.82, 2.24) is 9.88 Å². The zero-order valence-corrected chi connectivity index (χ0v) is 20.2. The summed E-state index contributed by atoms with van der Waals surface area (Å²) in [6.07, 6.45) is 1.00. The number of fused-ring (bicyclic) bond motifs is 1. The van der Waals surface area contributed by atoms with Gasteiger partial charge in [0.25, 0.3) is 0 Å². The summed E-state index contributed by atoms with van der Waals surface area (Å²) in [4.78, 5) is 21.2. The molecule has 0 spiro atoms. The fourth-order valence-corrected chi connectivity index (χ4v) is 5.64. The molecule has 0 aliphatic carbocycles. The number of benzene rings is 2. The topological polar surface area (TPSA) is 70.6 Å². The van der Waals surface area contributed by atoms with Gasteiger partial charge in [0.15, 0.2) is 15.0 Å². The number of hydrogen-bond acceptors (Lipinski definition) is 6. The van der Waals surface area contributed by atoms with Crippen LogP contribution in [0.4, 0.5) is 9.52 Å². The first-order valence-corrected chi connectivity index (χ1v) is 12.9. The predicted molar refractivity (Wildman–Crippen MR) is 128 cm³/mol. The number of para-hydroxylation sites is 1. The lowest BCUT2D eigenvalue weighted by Gasteiger charge is -2.21. The number of amides is 1. The number of anilines is 1. The largest absolute Gasteiger partial charge is 0.309 e. The van der Waals surface area contributed by atoms with E-state index in [2.05, 4.69) is 4.98 Å². The van der Waals surface area contributed by atoms with E-state index in [0.29, 0.717) is 16.4 Å². The van der Waals surface area contributed by atoms with Gasteiger partial charge in [-0.25, -0.2) is 17.8 Å². The van der Waals surface area contributed by atoms with E-state index in [0.717, 1.165) is 18.5 Å². The average molecular weight is 478 g/mol. The van der Waals surface area contributed by atoms with Crippen LogP contribution in [0.15, 0.2) is 47.4 Å². The molecule has 32 heavy (non-hydrogen) atoms. The molecule has 172 valence electrons. The molecule has 1 amide bonds. The molecule has 0 saturated carbocycles. The summed E-state index contributed by atoms with van der Waals surface area (Å²) < 4.78 is 40.0. The lowest BCUT2D eigenvalue weighted by Crippen LogP contribution is -2.33. The Morgan fingerprint density at radius 2 is 1.78 bits per heavy atom. The summed E-state index contributed by atoms with van der Waals surface area (Å²) in [5.41, 5.74) is 1.24. The van der Waals surface area contributed by atoms with Crippen LogP contribution >= 0.6 is 11.3 Å². The fraction of sp³-hybridized carbons (Fsp3) is 0.391. The smallest absolute Gasteiger partial charge is 0.228 e. The number of rotatable bonds is 10. The first-order chi connectivity index (χ1) is 15.2. The molecule has 1 heterocycles. The second kappa shape index (κ2) is 10.5. The third-order valence-electron chi connectivity index (χ3n) is 5.06. The van der Waals surface area contributed by atoms with Crippen LogP contribution in [0.3, 0.4) is 0 Å². The number of sulfone groups is 1. The SMILES string of the molecule is Cc1ccc(S(=O)(=O)CCCC(=O)N(CCCN(C)C)c2nc3c(F)cccc3s2)cc1. The van der Waals surface area contributed by atoms with Gasteiger partial charge in [-0.05, 0) is 64.7 Å². The number of carbonyl (C=O) groups excluding carboxylic acids is 1. The van der Waals surface area contributed by atoms with Crippen molar-refractivity contribution < 1.29 is 17.6 Å². The van der Waals surface area contributed by atoms with Gasteiger partial charge in [0.1, 0.15) is 11.3 Å². The van der Waals surface area contributed by atoms with E-state index in [1.807, 2.05) is 25.9 Å². The van der Waals surface area contributed by atoms with Crippen molar-refractivity contribution in [3.63, 3.8) is 0 Å². The van der Waals surface area contributed by atoms with Crippen molar-refractivity contribution in [2.24, 2.45) is 0 Å². The van der Waals surface area contributed by atoms with Crippen molar-refractivity contribution in [3.8, 4) is 0 Å². The minimum absolute atomic E-state index is 0.0749. The van der Waals surface area contributed by atoms with Crippen LogP contribution in [0.25, 0.3) is 10.2 Å². The van der Waals surface area contributed by atoms with E-state index in [9.17, 15) is 17.6 Å². The Labute approximate surface area is 192 Å². The Morgan fingerprint density at radius 3 is 2.44 bits per heavy atom. The van der Waals surface area contributed by atoms with Crippen LogP contribution < -0.4 is 4.90 Å². The van der Waals surface area contributed by atoms with Crippen molar-refractivity contribution in [2.75, 3.05) is 37.8 Å². The molecule has 2 aromatic carbocycles. The maximum absolute atomic E-state index is 14.1. The van der Waals surface area contributed by atoms with Gasteiger partial charge in [0.05, 0.1) is 15.3 Å². The summed E-state index contributed by atoms with van der Waals surface area (Å²) >= 11 is 1.27. The molecule has 0 radical (unpaired) electrons. The highest BCUT2D eigenvalue weighted by Crippen LogP contribution is 2.31. The minimum Gasteiger partial charge on any atom is -0.309 e. The number of halogens is 1. The summed E-state index contributed by atoms with van der Waals surface area (Å²) in [6.45, 7) is 3.11. The third kappa shape index (κ3) is 6.11. The Hall–Kier alpha value is -2.36. The van der Waals surface area contributed by atoms with E-state index < -0.39 is 15.7 Å². The molecular weight excluding hydrogens is 449 g/mol. The third-order valence-corrected chi connectivity index (χ3v) is 7.92. The van der Waals surface area contributed by atoms with E-state index in [-0.39, 0.29) is 34.9 Å². The Kier molecular flexibility index (Phi) is 7.97. The Balaban J connectivity index is 1.71. The van der Waals surface area contributed by atoms with Crippen molar-refractivity contribution in [2.45, 2.75) is 31.1 Å². The summed E-state index contributed by atoms with van der Waals surface area (Å²) in [5, 5.41) is 0.440. The molecule has 0 saturated heterocycles. The molecule has 0 fully saturated rings. The summed E-state index contributed by atoms with van der Waals surface area (Å²) in [6, 6.07) is 11.4. The van der Waals surface area contributed by atoms with E-state index >= 15 is 0 Å². The van der Waals surface area contributed by atoms with Gasteiger partial charge in [-0.3, -0.25) is 9.69 Å². The van der Waals surface area contributed by atoms with Crippen LogP contribution in [0.5, 0.6) is 0 Å². The quantitative estimate of drug-likeness (QED) is 0.436. The van der Waals surface area contributed by atoms with Crippen molar-refractivity contribution >= 4 is 42.4 Å². The van der Waals surface area contributed by atoms with E-state index in [1.54, 1.807) is 41.3 Å². The maximum atomic E-state index is 14.1. The van der Waals surface area contributed by atoms with E-state index in [1.165, 1.54) is 17.4 Å². The van der Waals surface area contributed by atoms with Gasteiger partial charge in [0, 0.05) is 13.0 Å². The van der Waals surface area contributed by atoms with Gasteiger partial charge in [-0.15, -0.1) is 0 Å². The van der Waals surface area contributed by atoms with Gasteiger partial charge < -0.3 is 4.90 Å². The van der Waals surface area contributed by atoms with Gasteiger partial charge in [-0.2, -0.15) is 0 Å². The molecule has 0 bridgehead atoms. The van der Waals surface area contributed by atoms with Crippen molar-refractivity contribution in [3.05, 3.63) is 53.8 Å². The van der Waals surface area contributed by atoms with Crippen LogP contribution in [0, 0.1) is 12.7 Å². The zero-order chi connectivity index (χ0) is 23.3. The molecular formula is C23H28FN3O3S2. The summed E-state index contributed by atoms with van der Waals surface area (Å²) in [7, 11) is 0.450. The number of aromatic nitrogens is 1. The monoisotopic (exact) mass is 477 g/mol. The molecule has 0 aliphatic rings. The standard InChI is InChI=1S/C23H28FN3O3S2/c1-17-10-12-18(13-11-17)32(29,30)16-5-9-21(28)27(15-6-14-26(2)3)23-25-22-19(24)7-4-8-20(22)31-23/h4,7-8,10-13H,5-6,9,14-16H2,1-3H3. The molecule has 0 unspecified atom stereocenters. The first-order valence-electron chi connectivity index (χ1n) is 10.5. The minimum atomic E-state index is -3.46.